The molecule has 0 aliphatic carbocycles. The largest absolute Gasteiger partial charge is 0.383 e. The Morgan fingerprint density at radius 3 is 2.52 bits per heavy atom. The molecule has 0 heterocycles. The Balaban J connectivity index is 2.45. The number of hydrogen-bond donors (Lipinski definition) is 3. The SMILES string of the molecule is CCCCC(=O)NC(=S)Nc1ccc(C(=O)NCCOC)cc1. The molecule has 0 saturated heterocycles. The van der Waals surface area contributed by atoms with Crippen molar-refractivity contribution in [1.82, 2.24) is 10.6 Å². The number of carbonyl (C=O) groups is 2. The van der Waals surface area contributed by atoms with Gasteiger partial charge in [-0.1, -0.05) is 13.3 Å². The van der Waals surface area contributed by atoms with Gasteiger partial charge in [-0.25, -0.2) is 0 Å². The first-order valence-electron chi connectivity index (χ1n) is 7.54. The first-order chi connectivity index (χ1) is 11.1. The summed E-state index contributed by atoms with van der Waals surface area (Å²) in [6.07, 6.45) is 2.25. The average Bonchev–Trinajstić information content (AvgIpc) is 2.53. The molecule has 0 fully saturated rings. The Morgan fingerprint density at radius 1 is 1.22 bits per heavy atom. The Hall–Kier alpha value is -1.99. The van der Waals surface area contributed by atoms with Gasteiger partial charge >= 0.3 is 0 Å². The maximum atomic E-state index is 11.8. The lowest BCUT2D eigenvalue weighted by Gasteiger charge is -2.10. The van der Waals surface area contributed by atoms with Gasteiger partial charge in [0.1, 0.15) is 0 Å². The van der Waals surface area contributed by atoms with Crippen LogP contribution >= 0.6 is 12.2 Å². The number of nitrogens with one attached hydrogen (secondary N) is 3. The van der Waals surface area contributed by atoms with Gasteiger partial charge in [0.15, 0.2) is 5.11 Å². The summed E-state index contributed by atoms with van der Waals surface area (Å²) in [5.41, 5.74) is 1.25. The van der Waals surface area contributed by atoms with Gasteiger partial charge in [0.25, 0.3) is 5.91 Å². The Morgan fingerprint density at radius 2 is 1.91 bits per heavy atom. The fraction of sp³-hybridized carbons (Fsp3) is 0.438. The van der Waals surface area contributed by atoms with Gasteiger partial charge in [0.05, 0.1) is 6.61 Å². The van der Waals surface area contributed by atoms with Gasteiger partial charge in [-0.05, 0) is 42.9 Å². The van der Waals surface area contributed by atoms with Crippen LogP contribution in [0, 0.1) is 0 Å². The molecule has 126 valence electrons. The van der Waals surface area contributed by atoms with E-state index in [0.717, 1.165) is 12.8 Å². The third kappa shape index (κ3) is 7.71. The Kier molecular flexibility index (Phi) is 8.86. The van der Waals surface area contributed by atoms with Gasteiger partial charge in [-0.3, -0.25) is 9.59 Å². The van der Waals surface area contributed by atoms with Crippen LogP contribution in [0.4, 0.5) is 5.69 Å². The fourth-order valence-electron chi connectivity index (χ4n) is 1.76. The van der Waals surface area contributed by atoms with E-state index in [1.54, 1.807) is 31.4 Å². The predicted molar refractivity (Wildman–Crippen MR) is 94.5 cm³/mol. The van der Waals surface area contributed by atoms with Crippen molar-refractivity contribution in [3.63, 3.8) is 0 Å². The standard InChI is InChI=1S/C16H23N3O3S/c1-3-4-5-14(20)19-16(23)18-13-8-6-12(7-9-13)15(21)17-10-11-22-2/h6-9H,3-5,10-11H2,1-2H3,(H,17,21)(H2,18,19,20,23). The summed E-state index contributed by atoms with van der Waals surface area (Å²) >= 11 is 5.08. The molecule has 0 aliphatic rings. The minimum absolute atomic E-state index is 0.0986. The lowest BCUT2D eigenvalue weighted by molar-refractivity contribution is -0.119. The zero-order valence-corrected chi connectivity index (χ0v) is 14.3. The van der Waals surface area contributed by atoms with E-state index >= 15 is 0 Å². The van der Waals surface area contributed by atoms with E-state index in [2.05, 4.69) is 16.0 Å². The van der Waals surface area contributed by atoms with Crippen molar-refractivity contribution in [2.45, 2.75) is 26.2 Å². The average molecular weight is 337 g/mol. The van der Waals surface area contributed by atoms with E-state index in [9.17, 15) is 9.59 Å². The predicted octanol–water partition coefficient (Wildman–Crippen LogP) is 2.07. The van der Waals surface area contributed by atoms with E-state index in [-0.39, 0.29) is 16.9 Å². The molecule has 7 heteroatoms. The monoisotopic (exact) mass is 337 g/mol. The summed E-state index contributed by atoms with van der Waals surface area (Å²) in [7, 11) is 1.58. The normalized spacial score (nSPS) is 10.0. The van der Waals surface area contributed by atoms with Crippen LogP contribution in [-0.4, -0.2) is 37.2 Å². The minimum atomic E-state index is -0.163. The molecule has 0 saturated carbocycles. The molecule has 0 aliphatic heterocycles. The zero-order valence-electron chi connectivity index (χ0n) is 13.5. The highest BCUT2D eigenvalue weighted by Crippen LogP contribution is 2.09. The molecule has 0 atom stereocenters. The van der Waals surface area contributed by atoms with Crippen molar-refractivity contribution in [2.24, 2.45) is 0 Å². The molecule has 1 rings (SSSR count). The molecule has 1 aromatic rings. The maximum absolute atomic E-state index is 11.8. The van der Waals surface area contributed by atoms with Crippen LogP contribution in [0.25, 0.3) is 0 Å². The van der Waals surface area contributed by atoms with Crippen molar-refractivity contribution in [2.75, 3.05) is 25.6 Å². The number of thiocarbonyl (C=S) groups is 1. The number of carbonyl (C=O) groups excluding carboxylic acids is 2. The Bertz CT molecular complexity index is 532. The van der Waals surface area contributed by atoms with Crippen LogP contribution in [0.3, 0.4) is 0 Å². The lowest BCUT2D eigenvalue weighted by atomic mass is 10.2. The number of anilines is 1. The molecule has 0 radical (unpaired) electrons. The molecule has 1 aromatic carbocycles. The number of ether oxygens (including phenoxy) is 1. The molecule has 23 heavy (non-hydrogen) atoms. The van der Waals surface area contributed by atoms with Crippen molar-refractivity contribution in [3.05, 3.63) is 29.8 Å². The molecule has 3 N–H and O–H groups in total. The van der Waals surface area contributed by atoms with Gasteiger partial charge in [-0.2, -0.15) is 0 Å². The second-order valence-corrected chi connectivity index (χ2v) is 5.34. The number of unbranched alkanes of at least 4 members (excludes halogenated alkanes) is 1. The fourth-order valence-corrected chi connectivity index (χ4v) is 1.99. The topological polar surface area (TPSA) is 79.5 Å². The zero-order chi connectivity index (χ0) is 17.1. The molecular weight excluding hydrogens is 314 g/mol. The first-order valence-corrected chi connectivity index (χ1v) is 7.95. The number of benzene rings is 1. The number of rotatable bonds is 8. The highest BCUT2D eigenvalue weighted by Gasteiger charge is 2.06. The molecule has 6 nitrogen and oxygen atoms in total. The van der Waals surface area contributed by atoms with Crippen LogP contribution in [0.5, 0.6) is 0 Å². The highest BCUT2D eigenvalue weighted by atomic mass is 32.1. The highest BCUT2D eigenvalue weighted by molar-refractivity contribution is 7.80. The van der Waals surface area contributed by atoms with Crippen LogP contribution in [0.1, 0.15) is 36.5 Å². The summed E-state index contributed by atoms with van der Waals surface area (Å²) in [5, 5.41) is 8.53. The molecular formula is C16H23N3O3S. The van der Waals surface area contributed by atoms with E-state index < -0.39 is 0 Å². The Labute approximate surface area is 142 Å². The smallest absolute Gasteiger partial charge is 0.251 e. The quantitative estimate of drug-likeness (QED) is 0.500. The number of hydrogen-bond acceptors (Lipinski definition) is 4. The molecule has 0 bridgehead atoms. The van der Waals surface area contributed by atoms with Crippen LogP contribution in [0.2, 0.25) is 0 Å². The molecule has 0 aromatic heterocycles. The van der Waals surface area contributed by atoms with Gasteiger partial charge in [-0.15, -0.1) is 0 Å². The van der Waals surface area contributed by atoms with E-state index in [0.29, 0.717) is 30.8 Å². The van der Waals surface area contributed by atoms with Crippen LogP contribution < -0.4 is 16.0 Å². The van der Waals surface area contributed by atoms with E-state index in [4.69, 9.17) is 17.0 Å². The third-order valence-electron chi connectivity index (χ3n) is 3.01. The third-order valence-corrected chi connectivity index (χ3v) is 3.21. The second-order valence-electron chi connectivity index (χ2n) is 4.93. The van der Waals surface area contributed by atoms with Crippen LogP contribution in [-0.2, 0) is 9.53 Å². The molecule has 0 unspecified atom stereocenters. The van der Waals surface area contributed by atoms with Crippen molar-refractivity contribution in [1.29, 1.82) is 0 Å². The molecule has 0 spiro atoms. The number of amides is 2. The summed E-state index contributed by atoms with van der Waals surface area (Å²) in [4.78, 5) is 23.4. The maximum Gasteiger partial charge on any atom is 0.251 e. The summed E-state index contributed by atoms with van der Waals surface area (Å²) in [6, 6.07) is 6.84. The first kappa shape index (κ1) is 19.1. The van der Waals surface area contributed by atoms with E-state index in [1.165, 1.54) is 0 Å². The summed E-state index contributed by atoms with van der Waals surface area (Å²) < 4.78 is 4.87. The van der Waals surface area contributed by atoms with Gasteiger partial charge in [0, 0.05) is 31.3 Å². The second kappa shape index (κ2) is 10.7. The minimum Gasteiger partial charge on any atom is -0.383 e. The number of methoxy groups -OCH3 is 1. The van der Waals surface area contributed by atoms with Crippen molar-refractivity contribution < 1.29 is 14.3 Å². The molecule has 2 amide bonds. The van der Waals surface area contributed by atoms with E-state index in [1.807, 2.05) is 6.92 Å². The lowest BCUT2D eigenvalue weighted by Crippen LogP contribution is -2.33. The van der Waals surface area contributed by atoms with Gasteiger partial charge in [0.2, 0.25) is 5.91 Å². The summed E-state index contributed by atoms with van der Waals surface area (Å²) in [6.45, 7) is 2.96. The van der Waals surface area contributed by atoms with Gasteiger partial charge < -0.3 is 20.7 Å². The summed E-state index contributed by atoms with van der Waals surface area (Å²) in [5.74, 6) is -0.262. The van der Waals surface area contributed by atoms with Crippen molar-refractivity contribution >= 4 is 34.8 Å². The van der Waals surface area contributed by atoms with Crippen molar-refractivity contribution in [3.8, 4) is 0 Å². The van der Waals surface area contributed by atoms with Crippen LogP contribution in [0.15, 0.2) is 24.3 Å².